The van der Waals surface area contributed by atoms with E-state index in [0.29, 0.717) is 28.5 Å². The van der Waals surface area contributed by atoms with E-state index in [-0.39, 0.29) is 17.9 Å². The molecule has 1 aliphatic heterocycles. The highest BCUT2D eigenvalue weighted by Gasteiger charge is 2.33. The molecule has 35 heavy (non-hydrogen) atoms. The molecule has 186 valence electrons. The number of hydrogen-bond donors (Lipinski definition) is 2. The number of esters is 1. The highest BCUT2D eigenvalue weighted by Crippen LogP contribution is 2.31. The Morgan fingerprint density at radius 2 is 1.69 bits per heavy atom. The highest BCUT2D eigenvalue weighted by molar-refractivity contribution is 7.80. The molecule has 1 heterocycles. The van der Waals surface area contributed by atoms with Gasteiger partial charge in [-0.3, -0.25) is 4.79 Å². The molecule has 0 aromatic heterocycles. The number of carbonyl (C=O) groups excluding carboxylic acids is 2. The summed E-state index contributed by atoms with van der Waals surface area (Å²) in [5.41, 5.74) is 4.46. The van der Waals surface area contributed by atoms with Gasteiger partial charge in [0.2, 0.25) is 0 Å². The van der Waals surface area contributed by atoms with Gasteiger partial charge in [-0.25, -0.2) is 4.79 Å². The predicted octanol–water partition coefficient (Wildman–Crippen LogP) is 4.56. The molecule has 8 heteroatoms. The number of carbonyl (C=O) groups is 2. The molecule has 0 fully saturated rings. The van der Waals surface area contributed by atoms with Crippen molar-refractivity contribution < 1.29 is 19.1 Å². The predicted molar refractivity (Wildman–Crippen MR) is 141 cm³/mol. The summed E-state index contributed by atoms with van der Waals surface area (Å²) in [4.78, 5) is 27.3. The molecular formula is C27H33N3O4S. The van der Waals surface area contributed by atoms with Gasteiger partial charge in [-0.1, -0.05) is 45.0 Å². The zero-order valence-corrected chi connectivity index (χ0v) is 21.9. The number of ether oxygens (including phenoxy) is 2. The SMILES string of the molecule is COCCOC(=O)C1=C(C)N(C)C(=S)NC1c1ccc(NC(=O)c2ccc(C(C)(C)C)cc2)cc1. The van der Waals surface area contributed by atoms with Gasteiger partial charge < -0.3 is 25.0 Å². The van der Waals surface area contributed by atoms with Crippen LogP contribution in [0.15, 0.2) is 59.8 Å². The molecule has 1 amide bonds. The minimum absolute atomic E-state index is 0.0248. The van der Waals surface area contributed by atoms with Crippen molar-refractivity contribution in [3.8, 4) is 0 Å². The van der Waals surface area contributed by atoms with E-state index in [0.717, 1.165) is 11.3 Å². The first-order valence-electron chi connectivity index (χ1n) is 11.5. The second-order valence-corrected chi connectivity index (χ2v) is 9.86. The third-order valence-electron chi connectivity index (χ3n) is 6.01. The lowest BCUT2D eigenvalue weighted by Gasteiger charge is -2.35. The first-order valence-corrected chi connectivity index (χ1v) is 11.9. The quantitative estimate of drug-likeness (QED) is 0.331. The maximum atomic E-state index is 12.9. The van der Waals surface area contributed by atoms with Gasteiger partial charge in [-0.2, -0.15) is 0 Å². The fourth-order valence-electron chi connectivity index (χ4n) is 3.73. The van der Waals surface area contributed by atoms with Crippen molar-refractivity contribution in [2.24, 2.45) is 0 Å². The summed E-state index contributed by atoms with van der Waals surface area (Å²) in [6, 6.07) is 14.5. The standard InChI is InChI=1S/C27H33N3O4S/c1-17-22(25(32)34-16-15-33-6)23(29-26(35)30(17)5)18-9-13-21(14-10-18)28-24(31)19-7-11-20(12-8-19)27(2,3)4/h7-14,23H,15-16H2,1-6H3,(H,28,31)(H,29,35). The van der Waals surface area contributed by atoms with Crippen molar-refractivity contribution in [2.45, 2.75) is 39.2 Å². The Labute approximate surface area is 212 Å². The zero-order chi connectivity index (χ0) is 25.8. The van der Waals surface area contributed by atoms with E-state index in [1.165, 1.54) is 5.56 Å². The minimum Gasteiger partial charge on any atom is -0.460 e. The third kappa shape index (κ3) is 6.26. The minimum atomic E-state index is -0.469. The van der Waals surface area contributed by atoms with Crippen LogP contribution in [0.2, 0.25) is 0 Å². The van der Waals surface area contributed by atoms with Crippen molar-refractivity contribution in [1.29, 1.82) is 0 Å². The van der Waals surface area contributed by atoms with Gasteiger partial charge >= 0.3 is 5.97 Å². The van der Waals surface area contributed by atoms with Crippen molar-refractivity contribution >= 4 is 34.9 Å². The molecule has 1 unspecified atom stereocenters. The molecule has 0 spiro atoms. The number of hydrogen-bond acceptors (Lipinski definition) is 5. The lowest BCUT2D eigenvalue weighted by atomic mass is 9.87. The van der Waals surface area contributed by atoms with Crippen LogP contribution in [0.1, 0.15) is 55.2 Å². The molecule has 2 aromatic carbocycles. The molecule has 0 saturated carbocycles. The zero-order valence-electron chi connectivity index (χ0n) is 21.1. The van der Waals surface area contributed by atoms with Crippen LogP contribution in [0, 0.1) is 0 Å². The van der Waals surface area contributed by atoms with Crippen LogP contribution in [0.5, 0.6) is 0 Å². The largest absolute Gasteiger partial charge is 0.460 e. The maximum Gasteiger partial charge on any atom is 0.338 e. The first kappa shape index (κ1) is 26.4. The van der Waals surface area contributed by atoms with Crippen LogP contribution in [0.25, 0.3) is 0 Å². The molecule has 2 N–H and O–H groups in total. The molecule has 0 bridgehead atoms. The van der Waals surface area contributed by atoms with E-state index in [2.05, 4.69) is 31.4 Å². The topological polar surface area (TPSA) is 79.9 Å². The Morgan fingerprint density at radius 3 is 2.26 bits per heavy atom. The molecule has 2 aromatic rings. The lowest BCUT2D eigenvalue weighted by Crippen LogP contribution is -2.46. The number of nitrogens with zero attached hydrogens (tertiary/aromatic N) is 1. The number of thiocarbonyl (C=S) groups is 1. The lowest BCUT2D eigenvalue weighted by molar-refractivity contribution is -0.140. The molecule has 0 radical (unpaired) electrons. The normalized spacial score (nSPS) is 16.1. The monoisotopic (exact) mass is 495 g/mol. The summed E-state index contributed by atoms with van der Waals surface area (Å²) in [7, 11) is 3.35. The number of methoxy groups -OCH3 is 1. The first-order chi connectivity index (χ1) is 16.5. The summed E-state index contributed by atoms with van der Waals surface area (Å²) in [5.74, 6) is -0.613. The Balaban J connectivity index is 1.77. The number of benzene rings is 2. The number of rotatable bonds is 7. The Hall–Kier alpha value is -3.23. The summed E-state index contributed by atoms with van der Waals surface area (Å²) in [6.45, 7) is 8.73. The van der Waals surface area contributed by atoms with Crippen molar-refractivity contribution in [3.63, 3.8) is 0 Å². The average molecular weight is 496 g/mol. The van der Waals surface area contributed by atoms with E-state index < -0.39 is 12.0 Å². The van der Waals surface area contributed by atoms with Gasteiger partial charge in [0.05, 0.1) is 18.2 Å². The highest BCUT2D eigenvalue weighted by atomic mass is 32.1. The second kappa shape index (κ2) is 11.0. The summed E-state index contributed by atoms with van der Waals surface area (Å²) in [6.07, 6.45) is 0. The Kier molecular flexibility index (Phi) is 8.30. The van der Waals surface area contributed by atoms with Crippen LogP contribution in [-0.2, 0) is 19.7 Å². The summed E-state index contributed by atoms with van der Waals surface area (Å²) >= 11 is 5.45. The maximum absolute atomic E-state index is 12.9. The fourth-order valence-corrected chi connectivity index (χ4v) is 3.98. The number of anilines is 1. The van der Waals surface area contributed by atoms with E-state index in [9.17, 15) is 9.59 Å². The van der Waals surface area contributed by atoms with E-state index >= 15 is 0 Å². The van der Waals surface area contributed by atoms with Gasteiger partial charge in [0.15, 0.2) is 5.11 Å². The average Bonchev–Trinajstić information content (AvgIpc) is 2.82. The van der Waals surface area contributed by atoms with Crippen LogP contribution in [0.3, 0.4) is 0 Å². The van der Waals surface area contributed by atoms with Gasteiger partial charge in [0, 0.05) is 31.1 Å². The van der Waals surface area contributed by atoms with Crippen molar-refractivity contribution in [2.75, 3.05) is 32.7 Å². The van der Waals surface area contributed by atoms with Crippen LogP contribution in [0.4, 0.5) is 5.69 Å². The Morgan fingerprint density at radius 1 is 1.06 bits per heavy atom. The third-order valence-corrected chi connectivity index (χ3v) is 6.40. The molecular weight excluding hydrogens is 462 g/mol. The van der Waals surface area contributed by atoms with Crippen LogP contribution >= 0.6 is 12.2 Å². The fraction of sp³-hybridized carbons (Fsp3) is 0.370. The Bertz CT molecular complexity index is 1120. The van der Waals surface area contributed by atoms with E-state index in [1.54, 1.807) is 19.1 Å². The van der Waals surface area contributed by atoms with Crippen molar-refractivity contribution in [3.05, 3.63) is 76.5 Å². The molecule has 1 atom stereocenters. The van der Waals surface area contributed by atoms with Gasteiger partial charge in [-0.05, 0) is 59.9 Å². The van der Waals surface area contributed by atoms with Gasteiger partial charge in [0.25, 0.3) is 5.91 Å². The van der Waals surface area contributed by atoms with Crippen LogP contribution in [-0.4, -0.2) is 49.3 Å². The number of allylic oxidation sites excluding steroid dienone is 1. The molecule has 0 aliphatic carbocycles. The molecule has 0 saturated heterocycles. The smallest absolute Gasteiger partial charge is 0.338 e. The summed E-state index contributed by atoms with van der Waals surface area (Å²) < 4.78 is 10.4. The summed E-state index contributed by atoms with van der Waals surface area (Å²) in [5, 5.41) is 6.66. The van der Waals surface area contributed by atoms with E-state index in [1.807, 2.05) is 55.5 Å². The van der Waals surface area contributed by atoms with Gasteiger partial charge in [-0.15, -0.1) is 0 Å². The second-order valence-electron chi connectivity index (χ2n) is 9.47. The van der Waals surface area contributed by atoms with Crippen molar-refractivity contribution in [1.82, 2.24) is 10.2 Å². The van der Waals surface area contributed by atoms with Crippen LogP contribution < -0.4 is 10.6 Å². The molecule has 1 aliphatic rings. The number of amides is 1. The number of nitrogens with one attached hydrogen (secondary N) is 2. The molecule has 7 nitrogen and oxygen atoms in total. The molecule has 3 rings (SSSR count). The van der Waals surface area contributed by atoms with Gasteiger partial charge in [0.1, 0.15) is 6.61 Å². The van der Waals surface area contributed by atoms with E-state index in [4.69, 9.17) is 21.7 Å².